The van der Waals surface area contributed by atoms with E-state index >= 15 is 0 Å². The largest absolute Gasteiger partial charge is 0.344 e. The van der Waals surface area contributed by atoms with Crippen molar-refractivity contribution >= 4 is 18.3 Å². The first-order chi connectivity index (χ1) is 12.7. The second-order valence-electron chi connectivity index (χ2n) is 6.81. The van der Waals surface area contributed by atoms with Crippen molar-refractivity contribution in [2.75, 3.05) is 19.6 Å². The van der Waals surface area contributed by atoms with Crippen molar-refractivity contribution in [2.45, 2.75) is 45.6 Å². The molecule has 0 fully saturated rings. The lowest BCUT2D eigenvalue weighted by Crippen LogP contribution is -2.40. The summed E-state index contributed by atoms with van der Waals surface area (Å²) in [5.41, 5.74) is 2.22. The molecule has 1 amide bonds. The standard InChI is InChI=1S/C23H32N2O.ClH/c1-3-5-17-25(18-6-4-2)19-22(26)24-23(20-13-9-7-10-14-20)21-15-11-8-12-16-21;/h7-16,23H,3-6,17-19H2,1-2H3,(H,24,26);1H. The van der Waals surface area contributed by atoms with Crippen LogP contribution in [0.25, 0.3) is 0 Å². The van der Waals surface area contributed by atoms with Gasteiger partial charge in [0.25, 0.3) is 0 Å². The minimum Gasteiger partial charge on any atom is -0.344 e. The summed E-state index contributed by atoms with van der Waals surface area (Å²) in [7, 11) is 0. The van der Waals surface area contributed by atoms with Crippen molar-refractivity contribution in [3.05, 3.63) is 71.8 Å². The number of hydrogen-bond acceptors (Lipinski definition) is 2. The topological polar surface area (TPSA) is 32.3 Å². The molecular weight excluding hydrogens is 356 g/mol. The molecule has 0 saturated carbocycles. The lowest BCUT2D eigenvalue weighted by atomic mass is 9.99. The molecule has 2 aromatic rings. The molecule has 0 aliphatic heterocycles. The number of amides is 1. The molecule has 3 nitrogen and oxygen atoms in total. The average molecular weight is 389 g/mol. The molecule has 0 unspecified atom stereocenters. The molecular formula is C23H33ClN2O. The normalized spacial score (nSPS) is 10.7. The zero-order valence-electron chi connectivity index (χ0n) is 16.6. The fourth-order valence-corrected chi connectivity index (χ4v) is 3.09. The van der Waals surface area contributed by atoms with Crippen molar-refractivity contribution in [1.82, 2.24) is 10.2 Å². The Labute approximate surface area is 170 Å². The maximum Gasteiger partial charge on any atom is 0.234 e. The number of carbonyl (C=O) groups excluding carboxylic acids is 1. The van der Waals surface area contributed by atoms with Crippen LogP contribution in [-0.2, 0) is 4.79 Å². The maximum absolute atomic E-state index is 12.8. The van der Waals surface area contributed by atoms with Gasteiger partial charge >= 0.3 is 0 Å². The van der Waals surface area contributed by atoms with Crippen LogP contribution in [0.5, 0.6) is 0 Å². The first-order valence-electron chi connectivity index (χ1n) is 9.86. The number of carbonyl (C=O) groups is 1. The quantitative estimate of drug-likeness (QED) is 0.572. The average Bonchev–Trinajstić information content (AvgIpc) is 2.69. The molecule has 2 aromatic carbocycles. The molecule has 0 spiro atoms. The number of unbranched alkanes of at least 4 members (excludes halogenated alkanes) is 2. The molecule has 0 atom stereocenters. The predicted molar refractivity (Wildman–Crippen MR) is 116 cm³/mol. The van der Waals surface area contributed by atoms with Crippen molar-refractivity contribution < 1.29 is 4.79 Å². The molecule has 4 heteroatoms. The summed E-state index contributed by atoms with van der Waals surface area (Å²) in [6.07, 6.45) is 4.58. The Morgan fingerprint density at radius 3 is 1.70 bits per heavy atom. The van der Waals surface area contributed by atoms with Crippen LogP contribution in [0.4, 0.5) is 0 Å². The minimum atomic E-state index is -0.107. The highest BCUT2D eigenvalue weighted by atomic mass is 35.5. The van der Waals surface area contributed by atoms with Crippen LogP contribution in [0.15, 0.2) is 60.7 Å². The van der Waals surface area contributed by atoms with E-state index in [4.69, 9.17) is 0 Å². The minimum absolute atomic E-state index is 0. The van der Waals surface area contributed by atoms with E-state index < -0.39 is 0 Å². The number of hydrogen-bond donors (Lipinski definition) is 1. The Bertz CT molecular complexity index is 586. The van der Waals surface area contributed by atoms with Crippen molar-refractivity contribution in [2.24, 2.45) is 0 Å². The second-order valence-corrected chi connectivity index (χ2v) is 6.81. The summed E-state index contributed by atoms with van der Waals surface area (Å²) >= 11 is 0. The molecule has 0 bridgehead atoms. The number of halogens is 1. The van der Waals surface area contributed by atoms with Gasteiger partial charge in [-0.3, -0.25) is 9.69 Å². The van der Waals surface area contributed by atoms with Crippen molar-refractivity contribution in [3.8, 4) is 0 Å². The highest BCUT2D eigenvalue weighted by molar-refractivity contribution is 5.85. The molecule has 0 aromatic heterocycles. The first-order valence-corrected chi connectivity index (χ1v) is 9.86. The first kappa shape index (κ1) is 23.2. The lowest BCUT2D eigenvalue weighted by Gasteiger charge is -2.24. The second kappa shape index (κ2) is 13.3. The summed E-state index contributed by atoms with van der Waals surface area (Å²) < 4.78 is 0. The van der Waals surface area contributed by atoms with E-state index in [0.717, 1.165) is 49.9 Å². The smallest absolute Gasteiger partial charge is 0.234 e. The number of rotatable bonds is 11. The van der Waals surface area contributed by atoms with Crippen LogP contribution in [-0.4, -0.2) is 30.4 Å². The van der Waals surface area contributed by atoms with Gasteiger partial charge in [-0.2, -0.15) is 0 Å². The molecule has 0 radical (unpaired) electrons. The SMILES string of the molecule is CCCCN(CCCC)CC(=O)NC(c1ccccc1)c1ccccc1.Cl. The molecule has 0 heterocycles. The van der Waals surface area contributed by atoms with E-state index in [-0.39, 0.29) is 24.4 Å². The molecule has 1 N–H and O–H groups in total. The van der Waals surface area contributed by atoms with Gasteiger partial charge in [-0.05, 0) is 37.1 Å². The number of nitrogens with zero attached hydrogens (tertiary/aromatic N) is 1. The molecule has 0 aliphatic carbocycles. The Morgan fingerprint density at radius 2 is 1.30 bits per heavy atom. The highest BCUT2D eigenvalue weighted by Crippen LogP contribution is 2.21. The van der Waals surface area contributed by atoms with Crippen LogP contribution in [0.1, 0.15) is 56.7 Å². The number of benzene rings is 2. The zero-order valence-corrected chi connectivity index (χ0v) is 17.4. The van der Waals surface area contributed by atoms with Crippen LogP contribution in [0.2, 0.25) is 0 Å². The van der Waals surface area contributed by atoms with Crippen LogP contribution >= 0.6 is 12.4 Å². The van der Waals surface area contributed by atoms with E-state index in [1.807, 2.05) is 36.4 Å². The Hall–Kier alpha value is -1.84. The monoisotopic (exact) mass is 388 g/mol. The van der Waals surface area contributed by atoms with Crippen LogP contribution in [0, 0.1) is 0 Å². The van der Waals surface area contributed by atoms with Gasteiger partial charge in [0, 0.05) is 0 Å². The van der Waals surface area contributed by atoms with E-state index in [0.29, 0.717) is 6.54 Å². The fourth-order valence-electron chi connectivity index (χ4n) is 3.09. The lowest BCUT2D eigenvalue weighted by molar-refractivity contribution is -0.122. The Kier molecular flexibility index (Phi) is 11.5. The molecule has 148 valence electrons. The van der Waals surface area contributed by atoms with Gasteiger partial charge < -0.3 is 5.32 Å². The summed E-state index contributed by atoms with van der Waals surface area (Å²) in [6, 6.07) is 20.3. The van der Waals surface area contributed by atoms with Crippen molar-refractivity contribution in [1.29, 1.82) is 0 Å². The van der Waals surface area contributed by atoms with Gasteiger partial charge in [-0.25, -0.2) is 0 Å². The van der Waals surface area contributed by atoms with Gasteiger partial charge in [-0.1, -0.05) is 87.4 Å². The highest BCUT2D eigenvalue weighted by Gasteiger charge is 2.18. The van der Waals surface area contributed by atoms with Gasteiger partial charge in [0.1, 0.15) is 0 Å². The zero-order chi connectivity index (χ0) is 18.6. The maximum atomic E-state index is 12.8. The number of nitrogens with one attached hydrogen (secondary N) is 1. The summed E-state index contributed by atoms with van der Waals surface area (Å²) in [4.78, 5) is 15.1. The summed E-state index contributed by atoms with van der Waals surface area (Å²) in [6.45, 7) is 6.84. The Balaban J connectivity index is 0.00000364. The third-order valence-corrected chi connectivity index (χ3v) is 4.59. The third kappa shape index (κ3) is 8.15. The van der Waals surface area contributed by atoms with E-state index in [1.54, 1.807) is 0 Å². The van der Waals surface area contributed by atoms with E-state index in [9.17, 15) is 4.79 Å². The molecule has 0 aliphatic rings. The van der Waals surface area contributed by atoms with Gasteiger partial charge in [-0.15, -0.1) is 12.4 Å². The summed E-state index contributed by atoms with van der Waals surface area (Å²) in [5.74, 6) is 0.0925. The predicted octanol–water partition coefficient (Wildman–Crippen LogP) is 5.22. The summed E-state index contributed by atoms with van der Waals surface area (Å²) in [5, 5.41) is 3.25. The molecule has 2 rings (SSSR count). The van der Waals surface area contributed by atoms with E-state index in [1.165, 1.54) is 0 Å². The van der Waals surface area contributed by atoms with Crippen LogP contribution < -0.4 is 5.32 Å². The van der Waals surface area contributed by atoms with Crippen LogP contribution in [0.3, 0.4) is 0 Å². The molecule has 27 heavy (non-hydrogen) atoms. The van der Waals surface area contributed by atoms with Crippen molar-refractivity contribution in [3.63, 3.8) is 0 Å². The van der Waals surface area contributed by atoms with E-state index in [2.05, 4.69) is 48.3 Å². The Morgan fingerprint density at radius 1 is 0.852 bits per heavy atom. The fraction of sp³-hybridized carbons (Fsp3) is 0.435. The van der Waals surface area contributed by atoms with Gasteiger partial charge in [0.15, 0.2) is 0 Å². The third-order valence-electron chi connectivity index (χ3n) is 4.59. The van der Waals surface area contributed by atoms with Gasteiger partial charge in [0.05, 0.1) is 12.6 Å². The molecule has 0 saturated heterocycles. The van der Waals surface area contributed by atoms with Gasteiger partial charge in [0.2, 0.25) is 5.91 Å².